The third-order valence-corrected chi connectivity index (χ3v) is 8.20. The van der Waals surface area contributed by atoms with Gasteiger partial charge < -0.3 is 34.8 Å². The number of aliphatic hydroxyl groups excluding tert-OH is 2. The number of carbonyl (C=O) groups excluding carboxylic acids is 1. The lowest BCUT2D eigenvalue weighted by molar-refractivity contribution is -0.154. The summed E-state index contributed by atoms with van der Waals surface area (Å²) in [6.07, 6.45) is 0.469. The Labute approximate surface area is 207 Å². The normalized spacial score (nSPS) is 29.5. The lowest BCUT2D eigenvalue weighted by Gasteiger charge is -2.26. The van der Waals surface area contributed by atoms with Gasteiger partial charge in [-0.15, -0.1) is 0 Å². The molecule has 1 aliphatic carbocycles. The van der Waals surface area contributed by atoms with Gasteiger partial charge in [-0.2, -0.15) is 10.4 Å². The fourth-order valence-electron chi connectivity index (χ4n) is 4.61. The van der Waals surface area contributed by atoms with Crippen LogP contribution in [-0.4, -0.2) is 72.4 Å². The Hall–Kier alpha value is -2.59. The minimum atomic E-state index is -4.40. The Kier molecular flexibility index (Phi) is 7.66. The first kappa shape index (κ1) is 26.5. The van der Waals surface area contributed by atoms with Crippen molar-refractivity contribution in [2.24, 2.45) is 5.92 Å². The molecule has 14 heteroatoms. The monoisotopic (exact) mass is 523 g/mol. The summed E-state index contributed by atoms with van der Waals surface area (Å²) in [6, 6.07) is 4.90. The van der Waals surface area contributed by atoms with Gasteiger partial charge in [0.25, 0.3) is 0 Å². The molecule has 5 N–H and O–H groups in total. The number of nitriles is 1. The molecule has 2 fully saturated rings. The fraction of sp³-hybridized carbons (Fsp3) is 0.636. The molecule has 2 aliphatic rings. The molecule has 6 atom stereocenters. The number of hydrogen-bond acceptors (Lipinski definition) is 11. The topological polar surface area (TPSA) is 203 Å². The molecule has 4 rings (SSSR count). The van der Waals surface area contributed by atoms with Gasteiger partial charge in [0.05, 0.1) is 17.8 Å². The number of nitrogens with zero attached hydrogens (tertiary/aromatic N) is 4. The van der Waals surface area contributed by atoms with E-state index in [1.807, 2.05) is 0 Å². The van der Waals surface area contributed by atoms with Crippen molar-refractivity contribution in [2.45, 2.75) is 69.0 Å². The average Bonchev–Trinajstić information content (AvgIpc) is 3.39. The molecule has 1 aliphatic heterocycles. The van der Waals surface area contributed by atoms with Crippen LogP contribution >= 0.6 is 7.60 Å². The number of aromatic nitrogens is 3. The van der Waals surface area contributed by atoms with Crippen molar-refractivity contribution in [1.82, 2.24) is 14.6 Å². The third-order valence-electron chi connectivity index (χ3n) is 6.66. The highest BCUT2D eigenvalue weighted by molar-refractivity contribution is 7.52. The van der Waals surface area contributed by atoms with Crippen molar-refractivity contribution >= 4 is 24.9 Å². The number of esters is 1. The maximum absolute atomic E-state index is 12.7. The van der Waals surface area contributed by atoms with Crippen molar-refractivity contribution in [2.75, 3.05) is 18.5 Å². The van der Waals surface area contributed by atoms with E-state index in [2.05, 4.69) is 10.1 Å². The van der Waals surface area contributed by atoms with Gasteiger partial charge in [0.1, 0.15) is 48.9 Å². The number of nitrogen functional groups attached to an aromatic ring is 1. The van der Waals surface area contributed by atoms with Crippen LogP contribution in [0.15, 0.2) is 18.5 Å². The van der Waals surface area contributed by atoms with Gasteiger partial charge in [-0.05, 0) is 37.8 Å². The van der Waals surface area contributed by atoms with Crippen LogP contribution in [0, 0.1) is 17.2 Å². The highest BCUT2D eigenvalue weighted by Crippen LogP contribution is 2.48. The molecule has 0 amide bonds. The fourth-order valence-corrected chi connectivity index (χ4v) is 5.95. The van der Waals surface area contributed by atoms with Gasteiger partial charge in [0, 0.05) is 0 Å². The molecular formula is C22H30N5O8P. The van der Waals surface area contributed by atoms with Gasteiger partial charge in [0.15, 0.2) is 5.82 Å². The van der Waals surface area contributed by atoms with Crippen molar-refractivity contribution in [1.29, 1.82) is 5.26 Å². The van der Waals surface area contributed by atoms with Gasteiger partial charge in [-0.25, -0.2) is 9.50 Å². The lowest BCUT2D eigenvalue weighted by atomic mass is 9.96. The van der Waals surface area contributed by atoms with Crippen LogP contribution < -0.4 is 5.73 Å². The smallest absolute Gasteiger partial charge is 0.329 e. The Balaban J connectivity index is 1.42. The molecular weight excluding hydrogens is 493 g/mol. The Morgan fingerprint density at radius 3 is 2.81 bits per heavy atom. The van der Waals surface area contributed by atoms with Crippen LogP contribution in [0.1, 0.15) is 50.8 Å². The predicted molar refractivity (Wildman–Crippen MR) is 124 cm³/mol. The van der Waals surface area contributed by atoms with Crippen molar-refractivity contribution in [3.8, 4) is 6.07 Å². The summed E-state index contributed by atoms with van der Waals surface area (Å²) < 4.78 is 30.4. The van der Waals surface area contributed by atoms with E-state index in [0.717, 1.165) is 32.1 Å². The molecule has 3 heterocycles. The minimum Gasteiger partial charge on any atom is -0.462 e. The van der Waals surface area contributed by atoms with Gasteiger partial charge in [-0.1, -0.05) is 13.3 Å². The molecule has 0 radical (unpaired) electrons. The number of fused-ring (bicyclic) bond motifs is 1. The second-order valence-corrected chi connectivity index (χ2v) is 11.3. The molecule has 0 aromatic carbocycles. The van der Waals surface area contributed by atoms with Crippen molar-refractivity contribution < 1.29 is 38.5 Å². The van der Waals surface area contributed by atoms with E-state index < -0.39 is 56.2 Å². The second-order valence-electron chi connectivity index (χ2n) is 9.37. The molecule has 2 aromatic heterocycles. The largest absolute Gasteiger partial charge is 0.462 e. The van der Waals surface area contributed by atoms with Crippen LogP contribution in [0.2, 0.25) is 0 Å². The maximum atomic E-state index is 12.7. The predicted octanol–water partition coefficient (Wildman–Crippen LogP) is 1.08. The van der Waals surface area contributed by atoms with Crippen LogP contribution in [-0.2, 0) is 23.4 Å². The van der Waals surface area contributed by atoms with Gasteiger partial charge in [-0.3, -0.25) is 9.36 Å². The minimum absolute atomic E-state index is 0.177. The summed E-state index contributed by atoms with van der Waals surface area (Å²) in [5, 5.41) is 35.2. The molecule has 13 nitrogen and oxygen atoms in total. The van der Waals surface area contributed by atoms with Crippen molar-refractivity contribution in [3.05, 3.63) is 24.2 Å². The molecule has 2 aromatic rings. The van der Waals surface area contributed by atoms with E-state index in [1.54, 1.807) is 18.2 Å². The van der Waals surface area contributed by atoms with E-state index in [-0.39, 0.29) is 17.6 Å². The Morgan fingerprint density at radius 1 is 1.39 bits per heavy atom. The van der Waals surface area contributed by atoms with E-state index in [1.165, 1.54) is 17.8 Å². The Bertz CT molecular complexity index is 1190. The summed E-state index contributed by atoms with van der Waals surface area (Å²) >= 11 is 0. The zero-order chi connectivity index (χ0) is 26.1. The second kappa shape index (κ2) is 10.4. The number of ether oxygens (including phenoxy) is 2. The number of aliphatic hydroxyl groups is 2. The molecule has 1 saturated heterocycles. The van der Waals surface area contributed by atoms with E-state index in [4.69, 9.17) is 19.7 Å². The summed E-state index contributed by atoms with van der Waals surface area (Å²) in [6.45, 7) is 0.639. The average molecular weight is 523 g/mol. The van der Waals surface area contributed by atoms with Crippen molar-refractivity contribution in [3.63, 3.8) is 0 Å². The highest BCUT2D eigenvalue weighted by Gasteiger charge is 2.57. The van der Waals surface area contributed by atoms with Gasteiger partial charge >= 0.3 is 13.6 Å². The summed E-state index contributed by atoms with van der Waals surface area (Å²) in [4.78, 5) is 26.6. The van der Waals surface area contributed by atoms with E-state index >= 15 is 0 Å². The van der Waals surface area contributed by atoms with Crippen LogP contribution in [0.3, 0.4) is 0 Å². The van der Waals surface area contributed by atoms with E-state index in [9.17, 15) is 29.7 Å². The van der Waals surface area contributed by atoms with Crippen LogP contribution in [0.25, 0.3) is 5.52 Å². The van der Waals surface area contributed by atoms with Crippen LogP contribution in [0.4, 0.5) is 5.82 Å². The number of nitrogens with two attached hydrogens (primary N) is 1. The van der Waals surface area contributed by atoms with Gasteiger partial charge in [0.2, 0.25) is 5.60 Å². The molecule has 196 valence electrons. The highest BCUT2D eigenvalue weighted by atomic mass is 31.2. The summed E-state index contributed by atoms with van der Waals surface area (Å²) in [7, 11) is -4.40. The lowest BCUT2D eigenvalue weighted by Crippen LogP contribution is -2.45. The number of rotatable bonds is 8. The molecule has 1 unspecified atom stereocenters. The zero-order valence-electron chi connectivity index (χ0n) is 19.8. The Morgan fingerprint density at radius 2 is 2.11 bits per heavy atom. The summed E-state index contributed by atoms with van der Waals surface area (Å²) in [5.41, 5.74) is 4.39. The number of hydrogen-bond donors (Lipinski definition) is 4. The molecule has 0 bridgehead atoms. The number of anilines is 1. The molecule has 1 saturated carbocycles. The van der Waals surface area contributed by atoms with E-state index in [0.29, 0.717) is 5.52 Å². The quantitative estimate of drug-likeness (QED) is 0.284. The standard InChI is InChI=1S/C22H30N5O8P/c1-13(21(30)34-14-5-3-2-4-6-14)9-36(31,32)33-11-22(10-23)19(29)17(28)18(35-22)15-7-8-16-20(24)25-12-26-27(15)16/h7-8,12-14,17-19,28-29H,2-6,9,11H2,1H3,(H,31,32)(H2,24,25,26)/t13-,17+,18+,19+,22-/m1/s1. The maximum Gasteiger partial charge on any atom is 0.329 e. The molecule has 36 heavy (non-hydrogen) atoms. The first-order chi connectivity index (χ1) is 17.1. The number of carbonyl (C=O) groups is 1. The zero-order valence-corrected chi connectivity index (χ0v) is 20.7. The first-order valence-corrected chi connectivity index (χ1v) is 13.5. The molecule has 0 spiro atoms. The first-order valence-electron chi connectivity index (χ1n) is 11.8. The van der Waals surface area contributed by atoms with Crippen LogP contribution in [0.5, 0.6) is 0 Å². The third kappa shape index (κ3) is 5.25. The summed E-state index contributed by atoms with van der Waals surface area (Å²) in [5.74, 6) is -1.34. The SMILES string of the molecule is C[C@H](CP(=O)(O)OC[C@@]1(C#N)O[C@@H](c2ccc3c(N)ncnn23)[C@H](O)[C@@H]1O)C(=O)OC1CCCCC1.